The molecule has 0 aliphatic rings. The molecular weight excluding hydrogens is 259 g/mol. The molecule has 0 atom stereocenters. The van der Waals surface area contributed by atoms with Crippen molar-refractivity contribution in [2.24, 2.45) is 0 Å². The summed E-state index contributed by atoms with van der Waals surface area (Å²) in [5.74, 6) is -0.327. The van der Waals surface area contributed by atoms with Crippen molar-refractivity contribution >= 4 is 23.2 Å². The first-order valence-electron chi connectivity index (χ1n) is 5.21. The molecule has 2 aromatic rings. The van der Waals surface area contributed by atoms with Crippen LogP contribution in [0.4, 0.5) is 10.1 Å². The average Bonchev–Trinajstić information content (AvgIpc) is 2.68. The summed E-state index contributed by atoms with van der Waals surface area (Å²) in [5, 5.41) is 6.40. The van der Waals surface area contributed by atoms with Gasteiger partial charge in [-0.2, -0.15) is 0 Å². The van der Waals surface area contributed by atoms with Gasteiger partial charge in [0.2, 0.25) is 5.91 Å². The third kappa shape index (κ3) is 3.07. The van der Waals surface area contributed by atoms with Gasteiger partial charge in [0.05, 0.1) is 17.8 Å². The zero-order valence-corrected chi connectivity index (χ0v) is 10.3. The van der Waals surface area contributed by atoms with Gasteiger partial charge in [-0.1, -0.05) is 16.8 Å². The Hall–Kier alpha value is -1.88. The minimum Gasteiger partial charge on any atom is -0.361 e. The lowest BCUT2D eigenvalue weighted by atomic mass is 10.2. The van der Waals surface area contributed by atoms with Crippen LogP contribution in [0.1, 0.15) is 11.5 Å². The largest absolute Gasteiger partial charge is 0.361 e. The second-order valence-electron chi connectivity index (χ2n) is 3.78. The van der Waals surface area contributed by atoms with E-state index in [1.165, 1.54) is 12.1 Å². The number of anilines is 1. The number of hydrogen-bond donors (Lipinski definition) is 1. The van der Waals surface area contributed by atoms with E-state index in [1.807, 2.05) is 0 Å². The zero-order valence-electron chi connectivity index (χ0n) is 9.54. The molecule has 6 heteroatoms. The van der Waals surface area contributed by atoms with Gasteiger partial charge in [0.15, 0.2) is 0 Å². The van der Waals surface area contributed by atoms with Crippen molar-refractivity contribution < 1.29 is 13.7 Å². The monoisotopic (exact) mass is 268 g/mol. The van der Waals surface area contributed by atoms with E-state index in [2.05, 4.69) is 10.5 Å². The van der Waals surface area contributed by atoms with Crippen molar-refractivity contribution in [3.05, 3.63) is 46.6 Å². The van der Waals surface area contributed by atoms with Gasteiger partial charge in [0.25, 0.3) is 0 Å². The van der Waals surface area contributed by atoms with Crippen LogP contribution in [-0.2, 0) is 11.2 Å². The summed E-state index contributed by atoms with van der Waals surface area (Å²) in [6, 6.07) is 5.69. The standard InChI is InChI=1S/C12H10ClFN2O2/c1-7-4-9(16-18-7)6-12(17)15-11-3-2-8(13)5-10(11)14/h2-5H,6H2,1H3,(H,15,17). The van der Waals surface area contributed by atoms with Crippen LogP contribution in [0.15, 0.2) is 28.8 Å². The van der Waals surface area contributed by atoms with Crippen LogP contribution in [0.3, 0.4) is 0 Å². The van der Waals surface area contributed by atoms with Crippen molar-refractivity contribution in [1.29, 1.82) is 0 Å². The summed E-state index contributed by atoms with van der Waals surface area (Å²) in [7, 11) is 0. The van der Waals surface area contributed by atoms with Crippen molar-refractivity contribution in [1.82, 2.24) is 5.16 Å². The third-order valence-corrected chi connectivity index (χ3v) is 2.46. The molecule has 0 saturated heterocycles. The van der Waals surface area contributed by atoms with E-state index in [0.29, 0.717) is 11.5 Å². The van der Waals surface area contributed by atoms with E-state index in [9.17, 15) is 9.18 Å². The minimum atomic E-state index is -0.577. The van der Waals surface area contributed by atoms with E-state index < -0.39 is 5.82 Å². The maximum atomic E-state index is 13.4. The molecule has 0 aliphatic carbocycles. The Kier molecular flexibility index (Phi) is 3.62. The van der Waals surface area contributed by atoms with Gasteiger partial charge in [0.1, 0.15) is 11.6 Å². The molecule has 1 heterocycles. The number of nitrogens with zero attached hydrogens (tertiary/aromatic N) is 1. The Morgan fingerprint density at radius 2 is 2.28 bits per heavy atom. The average molecular weight is 269 g/mol. The molecule has 4 nitrogen and oxygen atoms in total. The van der Waals surface area contributed by atoms with Crippen molar-refractivity contribution in [2.45, 2.75) is 13.3 Å². The predicted octanol–water partition coefficient (Wildman–Crippen LogP) is 2.96. The Balaban J connectivity index is 2.03. The van der Waals surface area contributed by atoms with Gasteiger partial charge < -0.3 is 9.84 Å². The Labute approximate surface area is 108 Å². The third-order valence-electron chi connectivity index (χ3n) is 2.22. The van der Waals surface area contributed by atoms with Crippen LogP contribution >= 0.6 is 11.6 Å². The predicted molar refractivity (Wildman–Crippen MR) is 65.0 cm³/mol. The lowest BCUT2D eigenvalue weighted by Gasteiger charge is -2.05. The Bertz CT molecular complexity index is 583. The summed E-state index contributed by atoms with van der Waals surface area (Å²) in [6.45, 7) is 1.73. The molecule has 94 valence electrons. The van der Waals surface area contributed by atoms with Crippen LogP contribution in [0, 0.1) is 12.7 Å². The maximum absolute atomic E-state index is 13.4. The molecule has 0 spiro atoms. The van der Waals surface area contributed by atoms with E-state index in [0.717, 1.165) is 6.07 Å². The lowest BCUT2D eigenvalue weighted by molar-refractivity contribution is -0.115. The first kappa shape index (κ1) is 12.6. The molecule has 2 rings (SSSR count). The van der Waals surface area contributed by atoms with E-state index >= 15 is 0 Å². The van der Waals surface area contributed by atoms with Crippen molar-refractivity contribution in [2.75, 3.05) is 5.32 Å². The first-order valence-corrected chi connectivity index (χ1v) is 5.59. The number of rotatable bonds is 3. The molecule has 1 aromatic heterocycles. The minimum absolute atomic E-state index is 0.0272. The second-order valence-corrected chi connectivity index (χ2v) is 4.21. The molecule has 0 fully saturated rings. The molecule has 18 heavy (non-hydrogen) atoms. The first-order chi connectivity index (χ1) is 8.54. The number of nitrogens with one attached hydrogen (secondary N) is 1. The van der Waals surface area contributed by atoms with Crippen molar-refractivity contribution in [3.8, 4) is 0 Å². The Morgan fingerprint density at radius 1 is 1.50 bits per heavy atom. The van der Waals surface area contributed by atoms with Crippen LogP contribution in [0.25, 0.3) is 0 Å². The van der Waals surface area contributed by atoms with Gasteiger partial charge in [-0.25, -0.2) is 4.39 Å². The molecule has 0 radical (unpaired) electrons. The van der Waals surface area contributed by atoms with E-state index in [4.69, 9.17) is 16.1 Å². The topological polar surface area (TPSA) is 55.1 Å². The summed E-state index contributed by atoms with van der Waals surface area (Å²) in [5.41, 5.74) is 0.587. The second kappa shape index (κ2) is 5.18. The lowest BCUT2D eigenvalue weighted by Crippen LogP contribution is -2.15. The van der Waals surface area contributed by atoms with E-state index in [1.54, 1.807) is 13.0 Å². The maximum Gasteiger partial charge on any atom is 0.230 e. The van der Waals surface area contributed by atoms with Gasteiger partial charge in [-0.05, 0) is 25.1 Å². The van der Waals surface area contributed by atoms with Crippen LogP contribution in [0.2, 0.25) is 5.02 Å². The van der Waals surface area contributed by atoms with Crippen LogP contribution in [-0.4, -0.2) is 11.1 Å². The smallest absolute Gasteiger partial charge is 0.230 e. The number of aromatic nitrogens is 1. The van der Waals surface area contributed by atoms with Gasteiger partial charge in [-0.3, -0.25) is 4.79 Å². The Morgan fingerprint density at radius 3 is 2.89 bits per heavy atom. The number of aryl methyl sites for hydroxylation is 1. The van der Waals surface area contributed by atoms with Gasteiger partial charge in [-0.15, -0.1) is 0 Å². The van der Waals surface area contributed by atoms with E-state index in [-0.39, 0.29) is 23.0 Å². The number of hydrogen-bond acceptors (Lipinski definition) is 3. The number of carbonyl (C=O) groups is 1. The molecule has 0 saturated carbocycles. The molecular formula is C12H10ClFN2O2. The molecule has 0 bridgehead atoms. The summed E-state index contributed by atoms with van der Waals surface area (Å²) in [4.78, 5) is 11.6. The number of benzene rings is 1. The molecule has 1 amide bonds. The normalized spacial score (nSPS) is 10.4. The fourth-order valence-corrected chi connectivity index (χ4v) is 1.61. The molecule has 0 aliphatic heterocycles. The van der Waals surface area contributed by atoms with Gasteiger partial charge in [0, 0.05) is 11.1 Å². The highest BCUT2D eigenvalue weighted by atomic mass is 35.5. The number of amides is 1. The van der Waals surface area contributed by atoms with Crippen molar-refractivity contribution in [3.63, 3.8) is 0 Å². The highest BCUT2D eigenvalue weighted by Gasteiger charge is 2.10. The van der Waals surface area contributed by atoms with Crippen LogP contribution in [0.5, 0.6) is 0 Å². The highest BCUT2D eigenvalue weighted by molar-refractivity contribution is 6.30. The SMILES string of the molecule is Cc1cc(CC(=O)Nc2ccc(Cl)cc2F)no1. The molecule has 1 aromatic carbocycles. The zero-order chi connectivity index (χ0) is 13.1. The fraction of sp³-hybridized carbons (Fsp3) is 0.167. The summed E-state index contributed by atoms with van der Waals surface area (Å²) >= 11 is 5.61. The highest BCUT2D eigenvalue weighted by Crippen LogP contribution is 2.19. The van der Waals surface area contributed by atoms with Crippen LogP contribution < -0.4 is 5.32 Å². The number of carbonyl (C=O) groups excluding carboxylic acids is 1. The summed E-state index contributed by atoms with van der Waals surface area (Å²) < 4.78 is 18.3. The summed E-state index contributed by atoms with van der Waals surface area (Å²) in [6.07, 6.45) is 0.0272. The quantitative estimate of drug-likeness (QED) is 0.931. The number of halogens is 2. The van der Waals surface area contributed by atoms with Gasteiger partial charge >= 0.3 is 0 Å². The molecule has 0 unspecified atom stereocenters. The molecule has 1 N–H and O–H groups in total. The fourth-order valence-electron chi connectivity index (χ4n) is 1.45.